The molecule has 8 nitrogen and oxygen atoms in total. The molecule has 1 aliphatic heterocycles. The lowest BCUT2D eigenvalue weighted by Gasteiger charge is -2.27. The van der Waals surface area contributed by atoms with Crippen molar-refractivity contribution in [2.75, 3.05) is 33.3 Å². The zero-order valence-electron chi connectivity index (χ0n) is 14.9. The number of nitrogens with one attached hydrogen (secondary N) is 1. The summed E-state index contributed by atoms with van der Waals surface area (Å²) in [7, 11) is 4.69. The van der Waals surface area contributed by atoms with Gasteiger partial charge in [0, 0.05) is 18.2 Å². The molecule has 0 aliphatic carbocycles. The smallest absolute Gasteiger partial charge is 0.315 e. The molecule has 2 unspecified atom stereocenters. The molecule has 1 aromatic heterocycles. The topological polar surface area (TPSA) is 87.9 Å². The molecule has 0 saturated carbocycles. The van der Waals surface area contributed by atoms with Gasteiger partial charge in [0.25, 0.3) is 0 Å². The molecular weight excluding hydrogens is 326 g/mol. The Morgan fingerprint density at radius 3 is 2.40 bits per heavy atom. The highest BCUT2D eigenvalue weighted by molar-refractivity contribution is 5.66. The van der Waals surface area contributed by atoms with Crippen molar-refractivity contribution in [3.8, 4) is 28.7 Å². The Hall–Kier alpha value is -2.48. The first-order chi connectivity index (χ1) is 12.1. The van der Waals surface area contributed by atoms with Crippen molar-refractivity contribution < 1.29 is 23.4 Å². The van der Waals surface area contributed by atoms with Crippen molar-refractivity contribution in [2.45, 2.75) is 31.9 Å². The number of nitrogens with zero attached hydrogens (tertiary/aromatic N) is 2. The van der Waals surface area contributed by atoms with Crippen molar-refractivity contribution in [2.24, 2.45) is 0 Å². The van der Waals surface area contributed by atoms with Gasteiger partial charge in [0.2, 0.25) is 11.6 Å². The van der Waals surface area contributed by atoms with E-state index in [0.29, 0.717) is 34.7 Å². The SMILES string of the molecule is COc1cc(-c2nnc(NC3CCOC(C)C3)o2)cc(OC)c1OC. The minimum absolute atomic E-state index is 0.226. The number of rotatable bonds is 6. The fraction of sp³-hybridized carbons (Fsp3) is 0.529. The molecule has 3 rings (SSSR count). The molecule has 0 radical (unpaired) electrons. The first-order valence-electron chi connectivity index (χ1n) is 8.16. The van der Waals surface area contributed by atoms with E-state index in [9.17, 15) is 0 Å². The Kier molecular flexibility index (Phi) is 5.28. The molecule has 1 aliphatic rings. The van der Waals surface area contributed by atoms with E-state index in [1.807, 2.05) is 0 Å². The Labute approximate surface area is 146 Å². The molecule has 136 valence electrons. The fourth-order valence-electron chi connectivity index (χ4n) is 2.91. The minimum Gasteiger partial charge on any atom is -0.493 e. The van der Waals surface area contributed by atoms with E-state index >= 15 is 0 Å². The Morgan fingerprint density at radius 1 is 1.08 bits per heavy atom. The normalized spacial score (nSPS) is 20.2. The van der Waals surface area contributed by atoms with Crippen molar-refractivity contribution >= 4 is 6.01 Å². The summed E-state index contributed by atoms with van der Waals surface area (Å²) in [4.78, 5) is 0. The van der Waals surface area contributed by atoms with E-state index in [-0.39, 0.29) is 12.1 Å². The quantitative estimate of drug-likeness (QED) is 0.852. The van der Waals surface area contributed by atoms with E-state index in [1.165, 1.54) is 0 Å². The van der Waals surface area contributed by atoms with E-state index in [1.54, 1.807) is 33.5 Å². The summed E-state index contributed by atoms with van der Waals surface area (Å²) in [6.07, 6.45) is 2.04. The number of hydrogen-bond donors (Lipinski definition) is 1. The van der Waals surface area contributed by atoms with Crippen molar-refractivity contribution in [3.63, 3.8) is 0 Å². The molecule has 1 N–H and O–H groups in total. The molecule has 25 heavy (non-hydrogen) atoms. The van der Waals surface area contributed by atoms with Gasteiger partial charge in [-0.25, -0.2) is 0 Å². The second-order valence-corrected chi connectivity index (χ2v) is 5.87. The molecule has 1 aromatic carbocycles. The van der Waals surface area contributed by atoms with Gasteiger partial charge in [-0.05, 0) is 31.9 Å². The summed E-state index contributed by atoms with van der Waals surface area (Å²) in [6, 6.07) is 4.20. The zero-order valence-corrected chi connectivity index (χ0v) is 14.9. The first-order valence-corrected chi connectivity index (χ1v) is 8.16. The lowest BCUT2D eigenvalue weighted by atomic mass is 10.1. The van der Waals surface area contributed by atoms with Crippen LogP contribution in [-0.2, 0) is 4.74 Å². The predicted molar refractivity (Wildman–Crippen MR) is 91.4 cm³/mol. The second kappa shape index (κ2) is 7.60. The summed E-state index contributed by atoms with van der Waals surface area (Å²) in [5.41, 5.74) is 0.690. The maximum Gasteiger partial charge on any atom is 0.315 e. The van der Waals surface area contributed by atoms with Gasteiger partial charge in [-0.2, -0.15) is 0 Å². The standard InChI is InChI=1S/C17H23N3O5/c1-10-7-12(5-6-24-10)18-17-20-19-16(25-17)11-8-13(21-2)15(23-4)14(9-11)22-3/h8-10,12H,5-7H2,1-4H3,(H,18,20). The summed E-state index contributed by atoms with van der Waals surface area (Å²) >= 11 is 0. The van der Waals surface area contributed by atoms with Crippen LogP contribution in [0.2, 0.25) is 0 Å². The summed E-state index contributed by atoms with van der Waals surface area (Å²) in [6.45, 7) is 2.79. The van der Waals surface area contributed by atoms with Crippen molar-refractivity contribution in [1.82, 2.24) is 10.2 Å². The third-order valence-electron chi connectivity index (χ3n) is 4.15. The van der Waals surface area contributed by atoms with Crippen LogP contribution in [0.5, 0.6) is 17.2 Å². The maximum atomic E-state index is 5.75. The average molecular weight is 349 g/mol. The number of methoxy groups -OCH3 is 3. The summed E-state index contributed by atoms with van der Waals surface area (Å²) < 4.78 is 27.3. The van der Waals surface area contributed by atoms with Gasteiger partial charge in [-0.15, -0.1) is 5.10 Å². The highest BCUT2D eigenvalue weighted by Crippen LogP contribution is 2.41. The molecule has 8 heteroatoms. The van der Waals surface area contributed by atoms with Gasteiger partial charge >= 0.3 is 6.01 Å². The monoisotopic (exact) mass is 349 g/mol. The summed E-state index contributed by atoms with van der Waals surface area (Å²) in [5, 5.41) is 11.5. The van der Waals surface area contributed by atoms with Gasteiger partial charge in [-0.3, -0.25) is 0 Å². The van der Waals surface area contributed by atoms with Crippen LogP contribution in [-0.4, -0.2) is 50.3 Å². The second-order valence-electron chi connectivity index (χ2n) is 5.87. The number of benzene rings is 1. The lowest BCUT2D eigenvalue weighted by Crippen LogP contribution is -2.32. The molecule has 0 spiro atoms. The molecule has 0 bridgehead atoms. The maximum absolute atomic E-state index is 5.75. The van der Waals surface area contributed by atoms with E-state index < -0.39 is 0 Å². The Morgan fingerprint density at radius 2 is 1.80 bits per heavy atom. The molecule has 0 amide bonds. The van der Waals surface area contributed by atoms with Crippen LogP contribution in [0.3, 0.4) is 0 Å². The molecule has 2 atom stereocenters. The van der Waals surface area contributed by atoms with Crippen LogP contribution in [0, 0.1) is 0 Å². The number of aromatic nitrogens is 2. The van der Waals surface area contributed by atoms with Crippen LogP contribution < -0.4 is 19.5 Å². The zero-order chi connectivity index (χ0) is 17.8. The lowest BCUT2D eigenvalue weighted by molar-refractivity contribution is 0.0229. The minimum atomic E-state index is 0.226. The molecule has 2 aromatic rings. The van der Waals surface area contributed by atoms with Gasteiger partial charge in [-0.1, -0.05) is 5.10 Å². The van der Waals surface area contributed by atoms with Gasteiger partial charge < -0.3 is 28.7 Å². The van der Waals surface area contributed by atoms with Crippen LogP contribution >= 0.6 is 0 Å². The van der Waals surface area contributed by atoms with Gasteiger partial charge in [0.1, 0.15) is 0 Å². The summed E-state index contributed by atoms with van der Waals surface area (Å²) in [5.74, 6) is 1.95. The van der Waals surface area contributed by atoms with Crippen molar-refractivity contribution in [3.05, 3.63) is 12.1 Å². The van der Waals surface area contributed by atoms with E-state index in [4.69, 9.17) is 23.4 Å². The van der Waals surface area contributed by atoms with E-state index in [0.717, 1.165) is 19.4 Å². The van der Waals surface area contributed by atoms with Crippen LogP contribution in [0.4, 0.5) is 6.01 Å². The van der Waals surface area contributed by atoms with Crippen LogP contribution in [0.25, 0.3) is 11.5 Å². The van der Waals surface area contributed by atoms with Crippen molar-refractivity contribution in [1.29, 1.82) is 0 Å². The average Bonchev–Trinajstić information content (AvgIpc) is 3.08. The van der Waals surface area contributed by atoms with Crippen LogP contribution in [0.15, 0.2) is 16.5 Å². The Balaban J connectivity index is 1.82. The molecule has 2 heterocycles. The number of anilines is 1. The number of ether oxygens (including phenoxy) is 4. The Bertz CT molecular complexity index is 693. The largest absolute Gasteiger partial charge is 0.493 e. The molecular formula is C17H23N3O5. The molecule has 1 fully saturated rings. The highest BCUT2D eigenvalue weighted by atomic mass is 16.5. The third kappa shape index (κ3) is 3.79. The fourth-order valence-corrected chi connectivity index (χ4v) is 2.91. The van der Waals surface area contributed by atoms with Crippen LogP contribution in [0.1, 0.15) is 19.8 Å². The predicted octanol–water partition coefficient (Wildman–Crippen LogP) is 2.74. The van der Waals surface area contributed by atoms with E-state index in [2.05, 4.69) is 22.4 Å². The highest BCUT2D eigenvalue weighted by Gasteiger charge is 2.22. The molecule has 1 saturated heterocycles. The van der Waals surface area contributed by atoms with Gasteiger partial charge in [0.05, 0.1) is 27.4 Å². The van der Waals surface area contributed by atoms with Gasteiger partial charge in [0.15, 0.2) is 11.5 Å². The first kappa shape index (κ1) is 17.3. The number of hydrogen-bond acceptors (Lipinski definition) is 8. The third-order valence-corrected chi connectivity index (χ3v) is 4.15.